The lowest BCUT2D eigenvalue weighted by atomic mass is 10.0. The molecule has 6 heteroatoms. The van der Waals surface area contributed by atoms with Gasteiger partial charge in [0.25, 0.3) is 0 Å². The van der Waals surface area contributed by atoms with E-state index < -0.39 is 6.10 Å². The Balaban J connectivity index is 4.12. The van der Waals surface area contributed by atoms with Gasteiger partial charge in [0.2, 0.25) is 0 Å². The lowest BCUT2D eigenvalue weighted by Gasteiger charge is -2.18. The highest BCUT2D eigenvalue weighted by atomic mass is 16.6. The van der Waals surface area contributed by atoms with Crippen LogP contribution < -0.4 is 0 Å². The van der Waals surface area contributed by atoms with Crippen molar-refractivity contribution in [2.45, 2.75) is 348 Å². The minimum absolute atomic E-state index is 0.0819. The second-order valence-electron chi connectivity index (χ2n) is 23.1. The number of hydrogen-bond donors (Lipinski definition) is 0. The number of allylic oxidation sites excluding steroid dienone is 16. The number of carbonyl (C=O) groups is 3. The van der Waals surface area contributed by atoms with Crippen molar-refractivity contribution in [3.63, 3.8) is 0 Å². The predicted octanol–water partition coefficient (Wildman–Crippen LogP) is 24.0. The zero-order valence-electron chi connectivity index (χ0n) is 53.5. The summed E-state index contributed by atoms with van der Waals surface area (Å²) < 4.78 is 16.9. The van der Waals surface area contributed by atoms with Gasteiger partial charge in [0.15, 0.2) is 6.10 Å². The largest absolute Gasteiger partial charge is 0.462 e. The summed E-state index contributed by atoms with van der Waals surface area (Å²) in [4.78, 5) is 38.3. The van der Waals surface area contributed by atoms with E-state index >= 15 is 0 Å². The Morgan fingerprint density at radius 3 is 0.790 bits per heavy atom. The topological polar surface area (TPSA) is 78.9 Å². The van der Waals surface area contributed by atoms with E-state index in [1.54, 1.807) is 0 Å². The first-order valence-electron chi connectivity index (χ1n) is 34.7. The molecular formula is C75H130O6. The molecule has 1 unspecified atom stereocenters. The SMILES string of the molecule is CC/C=C\C/C=C\C/C=C\C/C=C\C/C=C\CCCCCCCCCCCCCCCCCCCCCC(=O)OCC(COC(=O)CCCCCCC/C=C\CCCCC)OC(=O)CCCCCCC/C=C\C/C=C\CCCCCC. The highest BCUT2D eigenvalue weighted by molar-refractivity contribution is 5.71. The van der Waals surface area contributed by atoms with E-state index in [2.05, 4.69) is 118 Å². The number of ether oxygens (including phenoxy) is 3. The molecule has 81 heavy (non-hydrogen) atoms. The highest BCUT2D eigenvalue weighted by Gasteiger charge is 2.19. The molecule has 6 nitrogen and oxygen atoms in total. The third kappa shape index (κ3) is 67.0. The minimum atomic E-state index is -0.786. The van der Waals surface area contributed by atoms with E-state index in [-0.39, 0.29) is 31.1 Å². The molecule has 0 rings (SSSR count). The van der Waals surface area contributed by atoms with Gasteiger partial charge in [-0.25, -0.2) is 0 Å². The molecule has 0 heterocycles. The molecule has 0 aliphatic heterocycles. The molecule has 0 saturated heterocycles. The zero-order chi connectivity index (χ0) is 58.5. The molecule has 0 aliphatic carbocycles. The summed E-state index contributed by atoms with van der Waals surface area (Å²) in [7, 11) is 0. The maximum Gasteiger partial charge on any atom is 0.306 e. The van der Waals surface area contributed by atoms with Crippen LogP contribution >= 0.6 is 0 Å². The molecule has 0 fully saturated rings. The molecule has 0 aromatic rings. The maximum atomic E-state index is 12.9. The second-order valence-corrected chi connectivity index (χ2v) is 23.1. The Morgan fingerprint density at radius 2 is 0.481 bits per heavy atom. The first-order valence-corrected chi connectivity index (χ1v) is 34.7. The molecule has 0 spiro atoms. The van der Waals surface area contributed by atoms with Gasteiger partial charge >= 0.3 is 17.9 Å². The van der Waals surface area contributed by atoms with Gasteiger partial charge in [0, 0.05) is 19.3 Å². The van der Waals surface area contributed by atoms with Crippen LogP contribution in [0.25, 0.3) is 0 Å². The fourth-order valence-electron chi connectivity index (χ4n) is 9.85. The van der Waals surface area contributed by atoms with Crippen molar-refractivity contribution < 1.29 is 28.6 Å². The normalized spacial score (nSPS) is 12.7. The van der Waals surface area contributed by atoms with Gasteiger partial charge in [-0.3, -0.25) is 14.4 Å². The number of unbranched alkanes of at least 4 members (excludes halogenated alkanes) is 36. The van der Waals surface area contributed by atoms with Crippen molar-refractivity contribution in [1.29, 1.82) is 0 Å². The molecule has 1 atom stereocenters. The average Bonchev–Trinajstić information content (AvgIpc) is 3.47. The van der Waals surface area contributed by atoms with Crippen molar-refractivity contribution in [2.24, 2.45) is 0 Å². The molecule has 0 amide bonds. The lowest BCUT2D eigenvalue weighted by molar-refractivity contribution is -0.167. The molecule has 0 aromatic heterocycles. The standard InChI is InChI=1S/C75H130O6/c1-4-7-10-13-16-19-22-25-27-29-30-31-32-33-34-35-36-37-38-39-40-41-42-43-44-45-46-47-49-50-53-56-59-62-65-68-74(77)80-71-72(70-79-73(76)67-64-61-58-55-52-24-21-18-15-12-9-6-3)81-75(78)69-66-63-60-57-54-51-48-28-26-23-20-17-14-11-8-5-2/h7,10,16,18-21,23,25,27-28,30-31,33-34,48,72H,4-6,8-9,11-15,17,22,24,26,29,32,35-47,49-71H2,1-3H3/b10-7-,19-16-,21-18-,23-20-,27-25-,31-30-,34-33-,48-28-. The van der Waals surface area contributed by atoms with Gasteiger partial charge in [-0.1, -0.05) is 298 Å². The van der Waals surface area contributed by atoms with Crippen molar-refractivity contribution >= 4 is 17.9 Å². The summed E-state index contributed by atoms with van der Waals surface area (Å²) in [6.07, 6.45) is 93.0. The van der Waals surface area contributed by atoms with Crippen molar-refractivity contribution in [1.82, 2.24) is 0 Å². The number of carbonyl (C=O) groups excluding carboxylic acids is 3. The monoisotopic (exact) mass is 1130 g/mol. The maximum absolute atomic E-state index is 12.9. The molecule has 0 N–H and O–H groups in total. The number of rotatable bonds is 63. The van der Waals surface area contributed by atoms with Crippen LogP contribution in [0.15, 0.2) is 97.2 Å². The van der Waals surface area contributed by atoms with Crippen LogP contribution in [0.2, 0.25) is 0 Å². The summed E-state index contributed by atoms with van der Waals surface area (Å²) >= 11 is 0. The van der Waals surface area contributed by atoms with Gasteiger partial charge in [-0.2, -0.15) is 0 Å². The molecule has 0 radical (unpaired) electrons. The van der Waals surface area contributed by atoms with Crippen LogP contribution in [-0.2, 0) is 28.6 Å². The third-order valence-corrected chi connectivity index (χ3v) is 15.0. The molecule has 0 aromatic carbocycles. The Labute approximate surface area is 502 Å². The van der Waals surface area contributed by atoms with Crippen LogP contribution in [0.1, 0.15) is 342 Å². The van der Waals surface area contributed by atoms with Gasteiger partial charge in [-0.15, -0.1) is 0 Å². The lowest BCUT2D eigenvalue weighted by Crippen LogP contribution is -2.30. The van der Waals surface area contributed by atoms with E-state index in [0.717, 1.165) is 122 Å². The van der Waals surface area contributed by atoms with E-state index in [1.165, 1.54) is 180 Å². The predicted molar refractivity (Wildman–Crippen MR) is 353 cm³/mol. The van der Waals surface area contributed by atoms with E-state index in [0.29, 0.717) is 19.3 Å². The van der Waals surface area contributed by atoms with E-state index in [4.69, 9.17) is 14.2 Å². The summed E-state index contributed by atoms with van der Waals surface area (Å²) in [5, 5.41) is 0. The smallest absolute Gasteiger partial charge is 0.306 e. The number of hydrogen-bond acceptors (Lipinski definition) is 6. The van der Waals surface area contributed by atoms with Crippen molar-refractivity contribution in [2.75, 3.05) is 13.2 Å². The quantitative estimate of drug-likeness (QED) is 0.0261. The second kappa shape index (κ2) is 68.8. The molecular weight excluding hydrogens is 997 g/mol. The van der Waals surface area contributed by atoms with Gasteiger partial charge in [0.05, 0.1) is 0 Å². The summed E-state index contributed by atoms with van der Waals surface area (Å²) in [5.74, 6) is -0.891. The molecule has 0 saturated carbocycles. The first-order chi connectivity index (χ1) is 40.0. The number of esters is 3. The fourth-order valence-corrected chi connectivity index (χ4v) is 9.85. The van der Waals surface area contributed by atoms with Gasteiger partial charge in [0.1, 0.15) is 13.2 Å². The van der Waals surface area contributed by atoms with Crippen molar-refractivity contribution in [3.05, 3.63) is 97.2 Å². The summed E-state index contributed by atoms with van der Waals surface area (Å²) in [5.41, 5.74) is 0. The van der Waals surface area contributed by atoms with Gasteiger partial charge in [-0.05, 0) is 122 Å². The van der Waals surface area contributed by atoms with Crippen LogP contribution in [0.3, 0.4) is 0 Å². The van der Waals surface area contributed by atoms with Crippen molar-refractivity contribution in [3.8, 4) is 0 Å². The molecule has 466 valence electrons. The summed E-state index contributed by atoms with van der Waals surface area (Å²) in [6, 6.07) is 0. The van der Waals surface area contributed by atoms with E-state index in [1.807, 2.05) is 0 Å². The Kier molecular flexibility index (Phi) is 65.7. The van der Waals surface area contributed by atoms with E-state index in [9.17, 15) is 14.4 Å². The minimum Gasteiger partial charge on any atom is -0.462 e. The Bertz CT molecular complexity index is 1580. The Morgan fingerprint density at radius 1 is 0.259 bits per heavy atom. The summed E-state index contributed by atoms with van der Waals surface area (Å²) in [6.45, 7) is 6.50. The van der Waals surface area contributed by atoms with Crippen LogP contribution in [0.5, 0.6) is 0 Å². The highest BCUT2D eigenvalue weighted by Crippen LogP contribution is 2.17. The molecule has 0 aliphatic rings. The van der Waals surface area contributed by atoms with Crippen LogP contribution in [0.4, 0.5) is 0 Å². The average molecular weight is 1130 g/mol. The third-order valence-electron chi connectivity index (χ3n) is 15.0. The van der Waals surface area contributed by atoms with Gasteiger partial charge < -0.3 is 14.2 Å². The zero-order valence-corrected chi connectivity index (χ0v) is 53.5. The fraction of sp³-hybridized carbons (Fsp3) is 0.747. The van der Waals surface area contributed by atoms with Crippen LogP contribution in [0, 0.1) is 0 Å². The first kappa shape index (κ1) is 77.3. The Hall–Kier alpha value is -3.67. The van der Waals surface area contributed by atoms with Crippen LogP contribution in [-0.4, -0.2) is 37.2 Å². The molecule has 0 bridgehead atoms.